The zero-order valence-electron chi connectivity index (χ0n) is 25.2. The van der Waals surface area contributed by atoms with E-state index in [1.165, 1.54) is 54.9 Å². The Balaban J connectivity index is 1.11. The van der Waals surface area contributed by atoms with Crippen LogP contribution in [0.2, 0.25) is 0 Å². The fourth-order valence-corrected chi connectivity index (χ4v) is 9.08. The number of para-hydroxylation sites is 4. The number of furan rings is 2. The fraction of sp³-hybridized carbons (Fsp3) is 0.0222. The first-order valence-corrected chi connectivity index (χ1v) is 16.3. The quantitative estimate of drug-likeness (QED) is 0.198. The first-order chi connectivity index (χ1) is 23.3. The molecule has 0 atom stereocenters. The van der Waals surface area contributed by atoms with E-state index in [1.54, 1.807) is 0 Å². The van der Waals surface area contributed by atoms with Crippen molar-refractivity contribution >= 4 is 65.4 Å². The van der Waals surface area contributed by atoms with E-state index >= 15 is 0 Å². The van der Waals surface area contributed by atoms with Crippen LogP contribution in [0.4, 0.5) is 0 Å². The van der Waals surface area contributed by atoms with Crippen molar-refractivity contribution in [2.45, 2.75) is 5.41 Å². The summed E-state index contributed by atoms with van der Waals surface area (Å²) < 4.78 is 13.0. The molecule has 0 N–H and O–H groups in total. The highest BCUT2D eigenvalue weighted by Crippen LogP contribution is 2.66. The lowest BCUT2D eigenvalue weighted by atomic mass is 9.49. The number of hydrogen-bond acceptors (Lipinski definition) is 2. The Morgan fingerprint density at radius 2 is 0.809 bits per heavy atom. The molecule has 0 radical (unpaired) electrons. The van der Waals surface area contributed by atoms with Gasteiger partial charge in [0.1, 0.15) is 22.3 Å². The zero-order chi connectivity index (χ0) is 30.4. The smallest absolute Gasteiger partial charge is 0.143 e. The monoisotopic (exact) mass is 596 g/mol. The van der Waals surface area contributed by atoms with Gasteiger partial charge in [-0.2, -0.15) is 0 Å². The molecule has 0 amide bonds. The van der Waals surface area contributed by atoms with E-state index in [9.17, 15) is 0 Å². The third-order valence-electron chi connectivity index (χ3n) is 11.0. The van der Waals surface area contributed by atoms with Crippen LogP contribution in [-0.4, -0.2) is 0 Å². The lowest BCUT2D eigenvalue weighted by Crippen LogP contribution is -2.43. The summed E-state index contributed by atoms with van der Waals surface area (Å²) in [5.74, 6) is 0. The van der Waals surface area contributed by atoms with Crippen LogP contribution >= 0.6 is 0 Å². The van der Waals surface area contributed by atoms with Crippen LogP contribution in [0.5, 0.6) is 0 Å². The van der Waals surface area contributed by atoms with Crippen LogP contribution in [-0.2, 0) is 5.41 Å². The van der Waals surface area contributed by atoms with Gasteiger partial charge in [0, 0.05) is 32.7 Å². The van der Waals surface area contributed by atoms with Crippen LogP contribution in [0.25, 0.3) is 87.7 Å². The highest BCUT2D eigenvalue weighted by molar-refractivity contribution is 6.16. The zero-order valence-corrected chi connectivity index (χ0v) is 25.2. The van der Waals surface area contributed by atoms with Gasteiger partial charge in [-0.25, -0.2) is 0 Å². The Morgan fingerprint density at radius 1 is 0.362 bits per heavy atom. The van der Waals surface area contributed by atoms with E-state index in [-0.39, 0.29) is 5.41 Å². The van der Waals surface area contributed by atoms with Crippen molar-refractivity contribution in [3.8, 4) is 22.3 Å². The van der Waals surface area contributed by atoms with Gasteiger partial charge >= 0.3 is 0 Å². The van der Waals surface area contributed by atoms with Crippen molar-refractivity contribution in [2.24, 2.45) is 0 Å². The second-order valence-corrected chi connectivity index (χ2v) is 13.2. The minimum Gasteiger partial charge on any atom is -0.455 e. The number of benzene rings is 8. The maximum Gasteiger partial charge on any atom is 0.143 e. The van der Waals surface area contributed by atoms with Gasteiger partial charge in [-0.05, 0) is 91.3 Å². The van der Waals surface area contributed by atoms with Gasteiger partial charge in [-0.3, -0.25) is 0 Å². The third-order valence-corrected chi connectivity index (χ3v) is 11.0. The molecule has 2 aliphatic rings. The predicted octanol–water partition coefficient (Wildman–Crippen LogP) is 12.1. The van der Waals surface area contributed by atoms with E-state index < -0.39 is 0 Å². The van der Waals surface area contributed by atoms with Crippen molar-refractivity contribution in [3.63, 3.8) is 0 Å². The van der Waals surface area contributed by atoms with Gasteiger partial charge in [0.05, 0.1) is 5.41 Å². The van der Waals surface area contributed by atoms with E-state index in [0.717, 1.165) is 55.0 Å². The van der Waals surface area contributed by atoms with E-state index in [2.05, 4.69) is 133 Å². The standard InChI is InChI=1S/C45H24O2/c1-3-19-39-31(11-1)33-15-7-13-29(43(33)46-39)27-21-25-9-5-17-35-41(25)37(23-27)45(35)36-18-6-10-26-22-28(24-38(45)42(26)36)30-14-8-16-34-32-12-2-4-20-40(32)47-44(30)34/h1-24H. The van der Waals surface area contributed by atoms with Crippen LogP contribution in [0.15, 0.2) is 154 Å². The minimum absolute atomic E-state index is 0.265. The molecule has 0 unspecified atom stereocenters. The largest absolute Gasteiger partial charge is 0.455 e. The number of fused-ring (bicyclic) bond motifs is 10. The van der Waals surface area contributed by atoms with Crippen LogP contribution in [0.3, 0.4) is 0 Å². The summed E-state index contributed by atoms with van der Waals surface area (Å²) in [6.07, 6.45) is 0. The Labute approximate surface area is 269 Å². The minimum atomic E-state index is -0.265. The van der Waals surface area contributed by atoms with Crippen LogP contribution < -0.4 is 0 Å². The lowest BCUT2D eigenvalue weighted by molar-refractivity contribution is 0.669. The van der Waals surface area contributed by atoms with Gasteiger partial charge in [0.15, 0.2) is 0 Å². The molecular weight excluding hydrogens is 572 g/mol. The molecule has 8 aromatic carbocycles. The second-order valence-electron chi connectivity index (χ2n) is 13.2. The highest BCUT2D eigenvalue weighted by atomic mass is 16.3. The molecule has 2 aliphatic carbocycles. The summed E-state index contributed by atoms with van der Waals surface area (Å²) >= 11 is 0. The maximum absolute atomic E-state index is 6.51. The first-order valence-electron chi connectivity index (χ1n) is 16.3. The van der Waals surface area contributed by atoms with Crippen molar-refractivity contribution in [1.29, 1.82) is 0 Å². The molecule has 216 valence electrons. The molecule has 2 aromatic heterocycles. The summed E-state index contributed by atoms with van der Waals surface area (Å²) in [5, 5.41) is 9.92. The average Bonchev–Trinajstić information content (AvgIpc) is 3.69. The molecule has 1 spiro atoms. The van der Waals surface area contributed by atoms with Gasteiger partial charge in [0.2, 0.25) is 0 Å². The Bertz CT molecular complexity index is 2820. The highest BCUT2D eigenvalue weighted by Gasteiger charge is 2.55. The van der Waals surface area contributed by atoms with Crippen molar-refractivity contribution in [3.05, 3.63) is 168 Å². The number of hydrogen-bond donors (Lipinski definition) is 0. The molecule has 47 heavy (non-hydrogen) atoms. The molecule has 0 saturated heterocycles. The topological polar surface area (TPSA) is 26.3 Å². The molecule has 2 heterocycles. The van der Waals surface area contributed by atoms with E-state index in [0.29, 0.717) is 0 Å². The van der Waals surface area contributed by atoms with Gasteiger partial charge in [0.25, 0.3) is 0 Å². The van der Waals surface area contributed by atoms with Crippen LogP contribution in [0.1, 0.15) is 22.3 Å². The average molecular weight is 597 g/mol. The van der Waals surface area contributed by atoms with Crippen molar-refractivity contribution in [2.75, 3.05) is 0 Å². The van der Waals surface area contributed by atoms with Gasteiger partial charge in [-0.15, -0.1) is 0 Å². The summed E-state index contributed by atoms with van der Waals surface area (Å²) in [5.41, 5.74) is 13.7. The first kappa shape index (κ1) is 24.2. The molecular formula is C45H24O2. The molecule has 0 bridgehead atoms. The Morgan fingerprint density at radius 3 is 1.32 bits per heavy atom. The van der Waals surface area contributed by atoms with Crippen molar-refractivity contribution in [1.82, 2.24) is 0 Å². The summed E-state index contributed by atoms with van der Waals surface area (Å²) in [4.78, 5) is 0. The molecule has 2 nitrogen and oxygen atoms in total. The summed E-state index contributed by atoms with van der Waals surface area (Å²) in [6, 6.07) is 52.9. The maximum atomic E-state index is 6.51. The predicted molar refractivity (Wildman–Crippen MR) is 192 cm³/mol. The second kappa shape index (κ2) is 8.17. The molecule has 0 aliphatic heterocycles. The van der Waals surface area contributed by atoms with E-state index in [1.807, 2.05) is 12.1 Å². The Hall–Kier alpha value is -6.12. The Kier molecular flexibility index (Phi) is 4.20. The van der Waals surface area contributed by atoms with Crippen LogP contribution in [0, 0.1) is 0 Å². The van der Waals surface area contributed by atoms with Crippen molar-refractivity contribution < 1.29 is 8.83 Å². The molecule has 0 saturated carbocycles. The molecule has 10 aromatic rings. The summed E-state index contributed by atoms with van der Waals surface area (Å²) in [6.45, 7) is 0. The lowest BCUT2D eigenvalue weighted by Gasteiger charge is -2.52. The number of rotatable bonds is 2. The SMILES string of the molecule is c1cc2c3c(cc(-c4cccc5c4oc4ccccc45)cc3c1)C21c2cccc3cc(-c4cccc5c4oc4ccccc45)cc1c23. The molecule has 2 heteroatoms. The van der Waals surface area contributed by atoms with Gasteiger partial charge < -0.3 is 8.83 Å². The fourth-order valence-electron chi connectivity index (χ4n) is 9.08. The molecule has 12 rings (SSSR count). The normalized spacial score (nSPS) is 14.1. The molecule has 0 fully saturated rings. The van der Waals surface area contributed by atoms with Gasteiger partial charge in [-0.1, -0.05) is 109 Å². The third kappa shape index (κ3) is 2.76. The summed E-state index contributed by atoms with van der Waals surface area (Å²) in [7, 11) is 0. The van der Waals surface area contributed by atoms with E-state index in [4.69, 9.17) is 8.83 Å².